The van der Waals surface area contributed by atoms with Crippen molar-refractivity contribution in [1.29, 1.82) is 0 Å². The summed E-state index contributed by atoms with van der Waals surface area (Å²) in [6.45, 7) is 6.49. The maximum absolute atomic E-state index is 13.6. The second kappa shape index (κ2) is 6.57. The van der Waals surface area contributed by atoms with Crippen molar-refractivity contribution in [3.63, 3.8) is 0 Å². The molecule has 4 heteroatoms. The van der Waals surface area contributed by atoms with Gasteiger partial charge in [-0.2, -0.15) is 0 Å². The van der Waals surface area contributed by atoms with Gasteiger partial charge >= 0.3 is 0 Å². The summed E-state index contributed by atoms with van der Waals surface area (Å²) >= 11 is 0. The van der Waals surface area contributed by atoms with Crippen molar-refractivity contribution < 1.29 is 13.9 Å². The molecule has 0 aliphatic carbocycles. The maximum atomic E-state index is 13.6. The first-order valence-electron chi connectivity index (χ1n) is 5.80. The van der Waals surface area contributed by atoms with Crippen molar-refractivity contribution in [2.75, 3.05) is 13.2 Å². The highest BCUT2D eigenvalue weighted by molar-refractivity contribution is 5.30. The van der Waals surface area contributed by atoms with E-state index >= 15 is 0 Å². The number of ether oxygens (including phenoxy) is 2. The van der Waals surface area contributed by atoms with Crippen LogP contribution in [0.3, 0.4) is 0 Å². The summed E-state index contributed by atoms with van der Waals surface area (Å²) in [5.74, 6) is -0.147. The van der Waals surface area contributed by atoms with Crippen LogP contribution in [0.2, 0.25) is 0 Å². The zero-order valence-corrected chi connectivity index (χ0v) is 10.6. The average molecular weight is 241 g/mol. The van der Waals surface area contributed by atoms with E-state index in [1.807, 2.05) is 20.8 Å². The second-order valence-electron chi connectivity index (χ2n) is 4.25. The predicted molar refractivity (Wildman–Crippen MR) is 65.6 cm³/mol. The molecule has 0 saturated carbocycles. The first kappa shape index (κ1) is 13.9. The monoisotopic (exact) mass is 241 g/mol. The highest BCUT2D eigenvalue weighted by Gasteiger charge is 2.07. The van der Waals surface area contributed by atoms with Crippen LogP contribution in [0.15, 0.2) is 18.2 Å². The first-order valence-corrected chi connectivity index (χ1v) is 5.80. The molecule has 1 aromatic rings. The molecule has 0 amide bonds. The molecule has 0 fully saturated rings. The summed E-state index contributed by atoms with van der Waals surface area (Å²) in [5, 5.41) is 0. The highest BCUT2D eigenvalue weighted by atomic mass is 19.1. The molecule has 0 bridgehead atoms. The summed E-state index contributed by atoms with van der Waals surface area (Å²) in [5.41, 5.74) is 6.42. The zero-order valence-electron chi connectivity index (χ0n) is 10.6. The van der Waals surface area contributed by atoms with Crippen molar-refractivity contribution in [2.45, 2.75) is 32.9 Å². The van der Waals surface area contributed by atoms with E-state index in [1.165, 1.54) is 6.07 Å². The smallest absolute Gasteiger partial charge is 0.165 e. The molecule has 0 radical (unpaired) electrons. The largest absolute Gasteiger partial charge is 0.488 e. The molecule has 0 aromatic heterocycles. The minimum atomic E-state index is -0.385. The van der Waals surface area contributed by atoms with Gasteiger partial charge in [0, 0.05) is 6.04 Å². The van der Waals surface area contributed by atoms with E-state index in [4.69, 9.17) is 15.2 Å². The molecule has 1 aromatic carbocycles. The topological polar surface area (TPSA) is 44.5 Å². The standard InChI is InChI=1S/C13H20FNO2/c1-9(2)16-6-7-17-13-5-4-11(10(3)15)8-12(13)14/h4-5,8-10H,6-7,15H2,1-3H3/t10-/m0/s1. The zero-order chi connectivity index (χ0) is 12.8. The van der Waals surface area contributed by atoms with Crippen LogP contribution in [-0.2, 0) is 4.74 Å². The van der Waals surface area contributed by atoms with Crippen molar-refractivity contribution in [1.82, 2.24) is 0 Å². The third-order valence-corrected chi connectivity index (χ3v) is 2.27. The van der Waals surface area contributed by atoms with Crippen LogP contribution in [0.4, 0.5) is 4.39 Å². The number of nitrogens with two attached hydrogens (primary N) is 1. The van der Waals surface area contributed by atoms with Gasteiger partial charge in [0.1, 0.15) is 6.61 Å². The van der Waals surface area contributed by atoms with Crippen molar-refractivity contribution in [3.8, 4) is 5.75 Å². The molecular weight excluding hydrogens is 221 g/mol. The number of hydrogen-bond donors (Lipinski definition) is 1. The third kappa shape index (κ3) is 4.71. The molecule has 0 aliphatic rings. The lowest BCUT2D eigenvalue weighted by atomic mass is 10.1. The predicted octanol–water partition coefficient (Wildman–Crippen LogP) is 2.65. The van der Waals surface area contributed by atoms with Gasteiger partial charge in [-0.3, -0.25) is 0 Å². The van der Waals surface area contributed by atoms with E-state index in [0.717, 1.165) is 5.56 Å². The fourth-order valence-electron chi connectivity index (χ4n) is 1.35. The normalized spacial score (nSPS) is 12.8. The lowest BCUT2D eigenvalue weighted by Gasteiger charge is -2.11. The number of hydrogen-bond acceptors (Lipinski definition) is 3. The van der Waals surface area contributed by atoms with E-state index in [-0.39, 0.29) is 23.7 Å². The summed E-state index contributed by atoms with van der Waals surface area (Å²) in [6, 6.07) is 4.60. The van der Waals surface area contributed by atoms with Crippen LogP contribution in [0, 0.1) is 5.82 Å². The fourth-order valence-corrected chi connectivity index (χ4v) is 1.35. The highest BCUT2D eigenvalue weighted by Crippen LogP contribution is 2.20. The van der Waals surface area contributed by atoms with Crippen molar-refractivity contribution >= 4 is 0 Å². The molecule has 0 saturated heterocycles. The molecule has 2 N–H and O–H groups in total. The molecule has 1 rings (SSSR count). The Morgan fingerprint density at radius 1 is 1.24 bits per heavy atom. The van der Waals surface area contributed by atoms with E-state index in [2.05, 4.69) is 0 Å². The molecule has 3 nitrogen and oxygen atoms in total. The van der Waals surface area contributed by atoms with E-state index in [9.17, 15) is 4.39 Å². The molecule has 1 atom stereocenters. The first-order chi connectivity index (χ1) is 8.00. The van der Waals surface area contributed by atoms with E-state index < -0.39 is 0 Å². The number of rotatable bonds is 6. The quantitative estimate of drug-likeness (QED) is 0.779. The van der Waals surface area contributed by atoms with Gasteiger partial charge in [-0.1, -0.05) is 6.07 Å². The van der Waals surface area contributed by atoms with Crippen LogP contribution in [0.1, 0.15) is 32.4 Å². The Bertz CT molecular complexity index is 353. The van der Waals surface area contributed by atoms with Crippen molar-refractivity contribution in [2.24, 2.45) is 5.73 Å². The molecular formula is C13H20FNO2. The summed E-state index contributed by atoms with van der Waals surface area (Å²) in [4.78, 5) is 0. The van der Waals surface area contributed by atoms with Crippen LogP contribution in [0.25, 0.3) is 0 Å². The van der Waals surface area contributed by atoms with Gasteiger partial charge in [-0.25, -0.2) is 4.39 Å². The van der Waals surface area contributed by atoms with Gasteiger partial charge in [0.25, 0.3) is 0 Å². The SMILES string of the molecule is CC(C)OCCOc1ccc([C@H](C)N)cc1F. The van der Waals surface area contributed by atoms with Crippen LogP contribution >= 0.6 is 0 Å². The van der Waals surface area contributed by atoms with Gasteiger partial charge in [-0.05, 0) is 38.5 Å². The Kier molecular flexibility index (Phi) is 5.38. The van der Waals surface area contributed by atoms with E-state index in [0.29, 0.717) is 13.2 Å². The Hall–Kier alpha value is -1.13. The molecule has 96 valence electrons. The Labute approximate surface area is 102 Å². The van der Waals surface area contributed by atoms with Crippen LogP contribution in [-0.4, -0.2) is 19.3 Å². The lowest BCUT2D eigenvalue weighted by molar-refractivity contribution is 0.0544. The van der Waals surface area contributed by atoms with Gasteiger partial charge in [0.15, 0.2) is 11.6 Å². The Morgan fingerprint density at radius 2 is 1.94 bits per heavy atom. The Balaban J connectivity index is 2.49. The van der Waals surface area contributed by atoms with Crippen molar-refractivity contribution in [3.05, 3.63) is 29.6 Å². The third-order valence-electron chi connectivity index (χ3n) is 2.27. The van der Waals surface area contributed by atoms with Gasteiger partial charge < -0.3 is 15.2 Å². The van der Waals surface area contributed by atoms with Gasteiger partial charge in [0.05, 0.1) is 12.7 Å². The molecule has 17 heavy (non-hydrogen) atoms. The van der Waals surface area contributed by atoms with Gasteiger partial charge in [0.2, 0.25) is 0 Å². The molecule has 0 aliphatic heterocycles. The molecule has 0 heterocycles. The van der Waals surface area contributed by atoms with E-state index in [1.54, 1.807) is 12.1 Å². The lowest BCUT2D eigenvalue weighted by Crippen LogP contribution is -2.12. The average Bonchev–Trinajstić information content (AvgIpc) is 2.25. The number of halogens is 1. The number of benzene rings is 1. The maximum Gasteiger partial charge on any atom is 0.165 e. The van der Waals surface area contributed by atoms with Crippen LogP contribution in [0.5, 0.6) is 5.75 Å². The van der Waals surface area contributed by atoms with Gasteiger partial charge in [-0.15, -0.1) is 0 Å². The summed E-state index contributed by atoms with van der Waals surface area (Å²) < 4.78 is 24.2. The summed E-state index contributed by atoms with van der Waals surface area (Å²) in [7, 11) is 0. The van der Waals surface area contributed by atoms with Crippen LogP contribution < -0.4 is 10.5 Å². The second-order valence-corrected chi connectivity index (χ2v) is 4.25. The minimum absolute atomic E-state index is 0.156. The molecule has 0 unspecified atom stereocenters. The summed E-state index contributed by atoms with van der Waals surface area (Å²) in [6.07, 6.45) is 0.156. The molecule has 0 spiro atoms. The minimum Gasteiger partial charge on any atom is -0.488 e. The fraction of sp³-hybridized carbons (Fsp3) is 0.538. The Morgan fingerprint density at radius 3 is 2.47 bits per heavy atom.